The summed E-state index contributed by atoms with van der Waals surface area (Å²) in [6, 6.07) is 17.5. The third-order valence-corrected chi connectivity index (χ3v) is 7.08. The van der Waals surface area contributed by atoms with Gasteiger partial charge in [0, 0.05) is 12.5 Å². The van der Waals surface area contributed by atoms with Crippen molar-refractivity contribution in [1.82, 2.24) is 15.2 Å². The molecule has 2 aromatic heterocycles. The zero-order chi connectivity index (χ0) is 26.3. The van der Waals surface area contributed by atoms with E-state index in [9.17, 15) is 4.79 Å². The Morgan fingerprint density at radius 1 is 1.10 bits per heavy atom. The highest BCUT2D eigenvalue weighted by Crippen LogP contribution is 2.41. The van der Waals surface area contributed by atoms with E-state index < -0.39 is 5.97 Å². The van der Waals surface area contributed by atoms with Crippen molar-refractivity contribution < 1.29 is 50.1 Å². The van der Waals surface area contributed by atoms with Gasteiger partial charge in [-0.15, -0.1) is 5.10 Å². The maximum absolute atomic E-state index is 12.4. The Hall–Kier alpha value is -4.38. The van der Waals surface area contributed by atoms with Crippen molar-refractivity contribution in [2.75, 3.05) is 20.5 Å². The van der Waals surface area contributed by atoms with Crippen LogP contribution in [0.25, 0.3) is 33.1 Å². The molecule has 40 heavy (non-hydrogen) atoms. The number of methoxy groups -OCH3 is 1. The van der Waals surface area contributed by atoms with E-state index in [1.807, 2.05) is 30.3 Å². The van der Waals surface area contributed by atoms with E-state index >= 15 is 0 Å². The molecule has 7 rings (SSSR count). The number of carbonyl (C=O) groups is 1. The molecule has 10 nitrogen and oxygen atoms in total. The van der Waals surface area contributed by atoms with E-state index in [0.717, 1.165) is 51.3 Å². The van der Waals surface area contributed by atoms with Crippen LogP contribution >= 0.6 is 0 Å². The van der Waals surface area contributed by atoms with Crippen molar-refractivity contribution in [3.05, 3.63) is 66.4 Å². The number of rotatable bonds is 7. The van der Waals surface area contributed by atoms with Crippen molar-refractivity contribution in [3.63, 3.8) is 0 Å². The Morgan fingerprint density at radius 2 is 1.95 bits per heavy atom. The van der Waals surface area contributed by atoms with E-state index in [-0.39, 0.29) is 30.2 Å². The fraction of sp³-hybridized carbons (Fsp3) is 0.241. The molecular formula is C29H25BrN4O6. The predicted octanol–water partition coefficient (Wildman–Crippen LogP) is 0.651. The summed E-state index contributed by atoms with van der Waals surface area (Å²) >= 11 is 0. The lowest BCUT2D eigenvalue weighted by atomic mass is 9.95. The number of aryl methyl sites for hydroxylation is 2. The van der Waals surface area contributed by atoms with Gasteiger partial charge in [-0.05, 0) is 59.0 Å². The summed E-state index contributed by atoms with van der Waals surface area (Å²) in [5.41, 5.74) is 4.79. The van der Waals surface area contributed by atoms with Gasteiger partial charge in [0.15, 0.2) is 35.7 Å². The number of hydrogen-bond donors (Lipinski definition) is 0. The van der Waals surface area contributed by atoms with E-state index in [0.29, 0.717) is 35.6 Å². The molecule has 0 unspecified atom stereocenters. The van der Waals surface area contributed by atoms with Crippen LogP contribution in [0.5, 0.6) is 23.0 Å². The zero-order valence-corrected chi connectivity index (χ0v) is 23.2. The van der Waals surface area contributed by atoms with Crippen LogP contribution < -0.4 is 45.3 Å². The van der Waals surface area contributed by atoms with Crippen molar-refractivity contribution in [2.45, 2.75) is 25.8 Å². The minimum atomic E-state index is -0.414. The normalized spacial score (nSPS) is 12.9. The minimum absolute atomic E-state index is 0. The molecule has 0 amide bonds. The molecule has 11 heteroatoms. The molecular weight excluding hydrogens is 580 g/mol. The third-order valence-electron chi connectivity index (χ3n) is 7.08. The fourth-order valence-electron chi connectivity index (χ4n) is 5.15. The highest BCUT2D eigenvalue weighted by molar-refractivity contribution is 5.91. The van der Waals surface area contributed by atoms with Crippen molar-refractivity contribution in [2.24, 2.45) is 0 Å². The molecule has 4 heterocycles. The topological polar surface area (TPSA) is 97.8 Å². The maximum Gasteiger partial charge on any atom is 0.335 e. The average molecular weight is 605 g/mol. The molecule has 3 aromatic carbocycles. The van der Waals surface area contributed by atoms with Crippen molar-refractivity contribution in [1.29, 1.82) is 0 Å². The zero-order valence-electron chi connectivity index (χ0n) is 21.6. The number of aromatic nitrogens is 4. The molecule has 0 atom stereocenters. The summed E-state index contributed by atoms with van der Waals surface area (Å²) in [5.74, 6) is 2.46. The van der Waals surface area contributed by atoms with Crippen molar-refractivity contribution in [3.8, 4) is 34.3 Å². The molecule has 0 aliphatic carbocycles. The molecule has 0 bridgehead atoms. The number of hydrogen-bond acceptors (Lipinski definition) is 8. The van der Waals surface area contributed by atoms with Gasteiger partial charge in [-0.2, -0.15) is 4.57 Å². The lowest BCUT2D eigenvalue weighted by Gasteiger charge is -2.18. The van der Waals surface area contributed by atoms with E-state index in [2.05, 4.69) is 39.3 Å². The van der Waals surface area contributed by atoms with Crippen LogP contribution in [0.3, 0.4) is 0 Å². The van der Waals surface area contributed by atoms with Crippen LogP contribution in [0.1, 0.15) is 18.4 Å². The van der Waals surface area contributed by atoms with Crippen LogP contribution in [0, 0.1) is 0 Å². The van der Waals surface area contributed by atoms with Gasteiger partial charge >= 0.3 is 5.97 Å². The number of carbonyl (C=O) groups excluding carboxylic acids is 1. The van der Waals surface area contributed by atoms with Gasteiger partial charge in [-0.1, -0.05) is 17.0 Å². The quantitative estimate of drug-likeness (QED) is 0.152. The van der Waals surface area contributed by atoms with Gasteiger partial charge in [-0.3, -0.25) is 0 Å². The minimum Gasteiger partial charge on any atom is -1.00 e. The van der Waals surface area contributed by atoms with Gasteiger partial charge in [-0.25, -0.2) is 4.79 Å². The third kappa shape index (κ3) is 4.56. The second-order valence-electron chi connectivity index (χ2n) is 9.43. The van der Waals surface area contributed by atoms with E-state index in [4.69, 9.17) is 23.8 Å². The summed E-state index contributed by atoms with van der Waals surface area (Å²) in [5, 5.41) is 9.86. The van der Waals surface area contributed by atoms with Gasteiger partial charge in [0.2, 0.25) is 12.5 Å². The number of ether oxygens (including phenoxy) is 4. The molecule has 0 saturated carbocycles. The molecule has 2 aliphatic rings. The highest BCUT2D eigenvalue weighted by Gasteiger charge is 2.28. The van der Waals surface area contributed by atoms with Crippen LogP contribution in [0.15, 0.2) is 60.8 Å². The number of halogens is 1. The molecule has 204 valence electrons. The number of para-hydroxylation sites is 1. The van der Waals surface area contributed by atoms with Gasteiger partial charge < -0.3 is 40.8 Å². The summed E-state index contributed by atoms with van der Waals surface area (Å²) in [4.78, 5) is 18.9. The van der Waals surface area contributed by atoms with Crippen LogP contribution in [-0.4, -0.2) is 41.6 Å². The second-order valence-corrected chi connectivity index (χ2v) is 9.43. The second kappa shape index (κ2) is 10.6. The molecule has 0 spiro atoms. The molecule has 0 fully saturated rings. The average Bonchev–Trinajstić information content (AvgIpc) is 3.59. The van der Waals surface area contributed by atoms with Crippen LogP contribution in [0.4, 0.5) is 0 Å². The monoisotopic (exact) mass is 604 g/mol. The molecule has 0 saturated heterocycles. The SMILES string of the molecule is COc1ccc2cc3[n+](cc2c1OCCCC(=O)On1nnc2ccccc21)CCc1cc2c(cc1-3)OCO2.[Br-]. The Labute approximate surface area is 239 Å². The van der Waals surface area contributed by atoms with Gasteiger partial charge in [0.1, 0.15) is 11.0 Å². The Kier molecular flexibility index (Phi) is 6.89. The fourth-order valence-corrected chi connectivity index (χ4v) is 5.15. The summed E-state index contributed by atoms with van der Waals surface area (Å²) < 4.78 is 25.3. The van der Waals surface area contributed by atoms with Gasteiger partial charge in [0.25, 0.3) is 0 Å². The van der Waals surface area contributed by atoms with Crippen molar-refractivity contribution >= 4 is 27.8 Å². The van der Waals surface area contributed by atoms with E-state index in [1.165, 1.54) is 5.56 Å². The van der Waals surface area contributed by atoms with E-state index in [1.54, 1.807) is 13.2 Å². The first-order valence-corrected chi connectivity index (χ1v) is 12.8. The summed E-state index contributed by atoms with van der Waals surface area (Å²) in [6.07, 6.45) is 3.63. The first kappa shape index (κ1) is 25.9. The number of nitrogens with zero attached hydrogens (tertiary/aromatic N) is 4. The summed E-state index contributed by atoms with van der Waals surface area (Å²) in [6.45, 7) is 1.40. The first-order chi connectivity index (χ1) is 19.2. The first-order valence-electron chi connectivity index (χ1n) is 12.8. The Balaban J connectivity index is 0.00000289. The Bertz CT molecular complexity index is 1750. The highest BCUT2D eigenvalue weighted by atomic mass is 79.9. The van der Waals surface area contributed by atoms with Gasteiger partial charge in [0.05, 0.1) is 31.1 Å². The lowest BCUT2D eigenvalue weighted by Crippen LogP contribution is -3.00. The number of fused-ring (bicyclic) bond motifs is 6. The number of benzene rings is 3. The van der Waals surface area contributed by atoms with Crippen LogP contribution in [-0.2, 0) is 17.8 Å². The number of pyridine rings is 1. The maximum atomic E-state index is 12.4. The molecule has 0 radical (unpaired) electrons. The lowest BCUT2D eigenvalue weighted by molar-refractivity contribution is -0.686. The molecule has 5 aromatic rings. The Morgan fingerprint density at radius 3 is 2.83 bits per heavy atom. The molecule has 0 N–H and O–H groups in total. The molecule has 2 aliphatic heterocycles. The largest absolute Gasteiger partial charge is 1.00 e. The summed E-state index contributed by atoms with van der Waals surface area (Å²) in [7, 11) is 1.62. The standard InChI is InChI=1S/C29H25N4O6.BrH/c1-35-25-9-8-18-13-24-20-15-27-26(37-17-38-27)14-19(20)10-11-32(24)16-21(18)29(25)36-12-4-7-28(34)39-33-23-6-3-2-5-22(23)30-31-33;/h2-3,5-6,8-9,13-16H,4,7,10-12,17H2,1H3;1H/q+1;/p-1. The predicted molar refractivity (Wildman–Crippen MR) is 140 cm³/mol. The van der Waals surface area contributed by atoms with Crippen LogP contribution in [0.2, 0.25) is 0 Å². The smallest absolute Gasteiger partial charge is 0.335 e.